The van der Waals surface area contributed by atoms with Gasteiger partial charge in [-0.15, -0.1) is 10.2 Å². The third kappa shape index (κ3) is 6.03. The molecule has 0 aliphatic rings. The van der Waals surface area contributed by atoms with E-state index in [0.717, 1.165) is 25.5 Å². The smallest absolute Gasteiger partial charge is 0.313 e. The molecule has 0 aliphatic carbocycles. The van der Waals surface area contributed by atoms with E-state index in [-0.39, 0.29) is 11.7 Å². The van der Waals surface area contributed by atoms with Gasteiger partial charge in [0.1, 0.15) is 5.82 Å². The molecule has 21 heavy (non-hydrogen) atoms. The van der Waals surface area contributed by atoms with Crippen molar-refractivity contribution in [3.05, 3.63) is 5.82 Å². The number of rotatable bonds is 10. The summed E-state index contributed by atoms with van der Waals surface area (Å²) in [6.07, 6.45) is 0. The van der Waals surface area contributed by atoms with Crippen molar-refractivity contribution in [2.75, 3.05) is 39.6 Å². The Kier molecular flexibility index (Phi) is 7.69. The van der Waals surface area contributed by atoms with Gasteiger partial charge in [-0.1, -0.05) is 25.6 Å². The van der Waals surface area contributed by atoms with Crippen molar-refractivity contribution in [3.63, 3.8) is 0 Å². The fourth-order valence-electron chi connectivity index (χ4n) is 1.80. The van der Waals surface area contributed by atoms with Gasteiger partial charge >= 0.3 is 5.97 Å². The van der Waals surface area contributed by atoms with E-state index in [1.165, 1.54) is 11.8 Å². The summed E-state index contributed by atoms with van der Waals surface area (Å²) in [5.74, 6) is 0.289. The van der Waals surface area contributed by atoms with Crippen molar-refractivity contribution in [1.29, 1.82) is 0 Å². The molecule has 0 atom stereocenters. The quantitative estimate of drug-likeness (QED) is 0.649. The van der Waals surface area contributed by atoms with E-state index in [0.29, 0.717) is 11.8 Å². The second-order valence-corrected chi connectivity index (χ2v) is 6.07. The maximum atomic E-state index is 10.7. The first-order valence-electron chi connectivity index (χ1n) is 6.90. The average Bonchev–Trinajstić information content (AvgIpc) is 2.83. The molecule has 0 aromatic carbocycles. The molecule has 0 amide bonds. The molecule has 0 radical (unpaired) electrons. The second-order valence-electron chi connectivity index (χ2n) is 5.13. The summed E-state index contributed by atoms with van der Waals surface area (Å²) in [6, 6.07) is 0. The fourth-order valence-corrected chi connectivity index (χ4v) is 2.49. The third-order valence-corrected chi connectivity index (χ3v) is 3.92. The van der Waals surface area contributed by atoms with Gasteiger partial charge in [0.25, 0.3) is 0 Å². The Bertz CT molecular complexity index is 451. The maximum Gasteiger partial charge on any atom is 0.313 e. The first-order chi connectivity index (χ1) is 9.95. The first kappa shape index (κ1) is 17.9. The zero-order valence-corrected chi connectivity index (χ0v) is 13.9. The van der Waals surface area contributed by atoms with Crippen LogP contribution in [0.1, 0.15) is 25.6 Å². The lowest BCUT2D eigenvalue weighted by atomic mass is 10.2. The zero-order chi connectivity index (χ0) is 15.8. The van der Waals surface area contributed by atoms with Crippen LogP contribution in [0.2, 0.25) is 0 Å². The molecule has 120 valence electrons. The Hall–Kier alpha value is -1.12. The number of aliphatic carboxylic acids is 1. The molecule has 1 aromatic heterocycles. The van der Waals surface area contributed by atoms with Crippen LogP contribution in [-0.4, -0.2) is 70.3 Å². The number of carboxylic acids is 1. The number of likely N-dealkylation sites (N-methyl/N-ethyl adjacent to an activating group) is 1. The molecule has 0 saturated heterocycles. The molecule has 0 saturated carbocycles. The van der Waals surface area contributed by atoms with E-state index >= 15 is 0 Å². The van der Waals surface area contributed by atoms with E-state index in [1.54, 1.807) is 7.11 Å². The number of hydrogen-bond donors (Lipinski definition) is 1. The van der Waals surface area contributed by atoms with Crippen molar-refractivity contribution in [2.45, 2.75) is 31.5 Å². The van der Waals surface area contributed by atoms with Gasteiger partial charge in [-0.2, -0.15) is 0 Å². The van der Waals surface area contributed by atoms with E-state index < -0.39 is 5.97 Å². The molecule has 8 heteroatoms. The minimum Gasteiger partial charge on any atom is -0.481 e. The standard InChI is InChI=1S/C13H24N4O3S/c1-10(2)12-14-15-13(21-9-11(18)19)17(12)6-5-16(3)7-8-20-4/h10H,5-9H2,1-4H3,(H,18,19). The van der Waals surface area contributed by atoms with Crippen molar-refractivity contribution in [3.8, 4) is 0 Å². The Morgan fingerprint density at radius 1 is 1.43 bits per heavy atom. The van der Waals surface area contributed by atoms with Gasteiger partial charge in [0.2, 0.25) is 0 Å². The van der Waals surface area contributed by atoms with Crippen LogP contribution in [0.15, 0.2) is 5.16 Å². The van der Waals surface area contributed by atoms with Crippen molar-refractivity contribution >= 4 is 17.7 Å². The number of carbonyl (C=O) groups is 1. The largest absolute Gasteiger partial charge is 0.481 e. The van der Waals surface area contributed by atoms with E-state index in [4.69, 9.17) is 9.84 Å². The Morgan fingerprint density at radius 2 is 2.14 bits per heavy atom. The highest BCUT2D eigenvalue weighted by molar-refractivity contribution is 7.99. The van der Waals surface area contributed by atoms with Crippen LogP contribution in [0.5, 0.6) is 0 Å². The predicted molar refractivity (Wildman–Crippen MR) is 81.8 cm³/mol. The minimum atomic E-state index is -0.849. The average molecular weight is 316 g/mol. The van der Waals surface area contributed by atoms with Crippen molar-refractivity contribution < 1.29 is 14.6 Å². The topological polar surface area (TPSA) is 80.5 Å². The summed E-state index contributed by atoms with van der Waals surface area (Å²) in [6.45, 7) is 7.23. The Labute approximate surface area is 129 Å². The molecule has 1 N–H and O–H groups in total. The number of methoxy groups -OCH3 is 1. The van der Waals surface area contributed by atoms with Crippen LogP contribution >= 0.6 is 11.8 Å². The number of nitrogens with zero attached hydrogens (tertiary/aromatic N) is 4. The third-order valence-electron chi connectivity index (χ3n) is 2.97. The van der Waals surface area contributed by atoms with Crippen LogP contribution in [-0.2, 0) is 16.1 Å². The molecule has 0 fully saturated rings. The summed E-state index contributed by atoms with van der Waals surface area (Å²) in [7, 11) is 3.72. The lowest BCUT2D eigenvalue weighted by molar-refractivity contribution is -0.133. The van der Waals surface area contributed by atoms with Crippen molar-refractivity contribution in [1.82, 2.24) is 19.7 Å². The summed E-state index contributed by atoms with van der Waals surface area (Å²) in [5.41, 5.74) is 0. The number of hydrogen-bond acceptors (Lipinski definition) is 6. The van der Waals surface area contributed by atoms with Crippen LogP contribution in [0, 0.1) is 0 Å². The fraction of sp³-hybridized carbons (Fsp3) is 0.769. The summed E-state index contributed by atoms with van der Waals surface area (Å²) in [5, 5.41) is 17.8. The van der Waals surface area contributed by atoms with Gasteiger partial charge in [-0.05, 0) is 7.05 Å². The molecule has 0 bridgehead atoms. The lowest BCUT2D eigenvalue weighted by Crippen LogP contribution is -2.27. The molecule has 1 rings (SSSR count). The summed E-state index contributed by atoms with van der Waals surface area (Å²) >= 11 is 1.21. The monoisotopic (exact) mass is 316 g/mol. The molecule has 7 nitrogen and oxygen atoms in total. The van der Waals surface area contributed by atoms with Gasteiger partial charge in [0.05, 0.1) is 12.4 Å². The molecule has 0 spiro atoms. The summed E-state index contributed by atoms with van der Waals surface area (Å²) in [4.78, 5) is 12.9. The zero-order valence-electron chi connectivity index (χ0n) is 13.1. The SMILES string of the molecule is COCCN(C)CCn1c(SCC(=O)O)nnc1C(C)C. The molecule has 1 heterocycles. The molecular formula is C13H24N4O3S. The van der Waals surface area contributed by atoms with Gasteiger partial charge in [-0.3, -0.25) is 4.79 Å². The van der Waals surface area contributed by atoms with Gasteiger partial charge < -0.3 is 19.3 Å². The van der Waals surface area contributed by atoms with Crippen LogP contribution in [0.25, 0.3) is 0 Å². The minimum absolute atomic E-state index is 0.00422. The number of ether oxygens (including phenoxy) is 1. The predicted octanol–water partition coefficient (Wildman–Crippen LogP) is 1.16. The Morgan fingerprint density at radius 3 is 2.71 bits per heavy atom. The van der Waals surface area contributed by atoms with Gasteiger partial charge in [-0.25, -0.2) is 0 Å². The highest BCUT2D eigenvalue weighted by Gasteiger charge is 2.16. The van der Waals surface area contributed by atoms with Crippen molar-refractivity contribution in [2.24, 2.45) is 0 Å². The molecule has 0 unspecified atom stereocenters. The summed E-state index contributed by atoms with van der Waals surface area (Å²) < 4.78 is 7.07. The van der Waals surface area contributed by atoms with Crippen LogP contribution in [0.4, 0.5) is 0 Å². The maximum absolute atomic E-state index is 10.7. The van der Waals surface area contributed by atoms with E-state index in [9.17, 15) is 4.79 Å². The number of carboxylic acid groups (broad SMARTS) is 1. The number of aromatic nitrogens is 3. The van der Waals surface area contributed by atoms with E-state index in [1.807, 2.05) is 11.6 Å². The lowest BCUT2D eigenvalue weighted by Gasteiger charge is -2.18. The molecule has 0 aliphatic heterocycles. The van der Waals surface area contributed by atoms with Gasteiger partial charge in [0, 0.05) is 32.7 Å². The highest BCUT2D eigenvalue weighted by atomic mass is 32.2. The van der Waals surface area contributed by atoms with E-state index in [2.05, 4.69) is 28.9 Å². The normalized spacial score (nSPS) is 11.5. The molecule has 1 aromatic rings. The number of thioether (sulfide) groups is 1. The first-order valence-corrected chi connectivity index (χ1v) is 7.89. The van der Waals surface area contributed by atoms with Gasteiger partial charge in [0.15, 0.2) is 5.16 Å². The van der Waals surface area contributed by atoms with Crippen LogP contribution < -0.4 is 0 Å². The highest BCUT2D eigenvalue weighted by Crippen LogP contribution is 2.21. The molecular weight excluding hydrogens is 292 g/mol. The van der Waals surface area contributed by atoms with Crippen LogP contribution in [0.3, 0.4) is 0 Å². The second kappa shape index (κ2) is 9.01. The Balaban J connectivity index is 2.71.